The van der Waals surface area contributed by atoms with Gasteiger partial charge >= 0.3 is 0 Å². The molecule has 0 heterocycles. The third kappa shape index (κ3) is 2.98. The Morgan fingerprint density at radius 3 is 2.22 bits per heavy atom. The molecule has 0 saturated heterocycles. The monoisotopic (exact) mass is 304 g/mol. The quantitative estimate of drug-likeness (QED) is 0.627. The van der Waals surface area contributed by atoms with Crippen LogP contribution in [-0.4, -0.2) is 11.8 Å². The Morgan fingerprint density at radius 1 is 1.06 bits per heavy atom. The van der Waals surface area contributed by atoms with Crippen molar-refractivity contribution in [3.8, 4) is 0 Å². The van der Waals surface area contributed by atoms with Gasteiger partial charge in [-0.15, -0.1) is 23.2 Å². The zero-order chi connectivity index (χ0) is 13.0. The largest absolute Gasteiger partial charge is 0.126 e. The van der Waals surface area contributed by atoms with Crippen LogP contribution in [0.1, 0.15) is 31.2 Å². The molecule has 1 fully saturated rings. The van der Waals surface area contributed by atoms with E-state index in [1.807, 2.05) is 18.2 Å². The van der Waals surface area contributed by atoms with E-state index in [0.717, 1.165) is 11.4 Å². The van der Waals surface area contributed by atoms with Crippen LogP contribution >= 0.6 is 34.8 Å². The molecule has 2 rings (SSSR count). The van der Waals surface area contributed by atoms with Crippen LogP contribution in [0, 0.1) is 11.3 Å². The molecule has 0 aromatic heterocycles. The molecule has 18 heavy (non-hydrogen) atoms. The van der Waals surface area contributed by atoms with Crippen molar-refractivity contribution in [3.05, 3.63) is 34.9 Å². The smallest absolute Gasteiger partial charge is 0.0438 e. The molecule has 0 bridgehead atoms. The maximum atomic E-state index is 6.28. The van der Waals surface area contributed by atoms with E-state index in [-0.39, 0.29) is 5.41 Å². The molecule has 3 heteroatoms. The van der Waals surface area contributed by atoms with E-state index in [4.69, 9.17) is 34.8 Å². The molecule has 0 spiro atoms. The summed E-state index contributed by atoms with van der Waals surface area (Å²) in [4.78, 5) is 0. The highest BCUT2D eigenvalue weighted by Crippen LogP contribution is 2.44. The SMILES string of the molecule is ClCC(CCl)(Cc1ccccc1Cl)C1CCCC1. The average Bonchev–Trinajstić information content (AvgIpc) is 2.93. The molecule has 0 amide bonds. The van der Waals surface area contributed by atoms with Crippen LogP contribution in [0.25, 0.3) is 0 Å². The number of hydrogen-bond acceptors (Lipinski definition) is 0. The van der Waals surface area contributed by atoms with Crippen molar-refractivity contribution in [3.63, 3.8) is 0 Å². The van der Waals surface area contributed by atoms with Crippen LogP contribution in [0.5, 0.6) is 0 Å². The Morgan fingerprint density at radius 2 is 1.67 bits per heavy atom. The number of hydrogen-bond donors (Lipinski definition) is 0. The lowest BCUT2D eigenvalue weighted by atomic mass is 9.73. The summed E-state index contributed by atoms with van der Waals surface area (Å²) in [6, 6.07) is 8.03. The Balaban J connectivity index is 2.22. The minimum atomic E-state index is 0.00457. The third-order valence-corrected chi connectivity index (χ3v) is 5.69. The van der Waals surface area contributed by atoms with Gasteiger partial charge in [0.05, 0.1) is 0 Å². The molecule has 0 N–H and O–H groups in total. The molecular weight excluding hydrogens is 287 g/mol. The highest BCUT2D eigenvalue weighted by Gasteiger charge is 2.39. The maximum absolute atomic E-state index is 6.28. The van der Waals surface area contributed by atoms with Crippen molar-refractivity contribution < 1.29 is 0 Å². The average molecular weight is 306 g/mol. The Labute approximate surface area is 125 Å². The van der Waals surface area contributed by atoms with Crippen LogP contribution in [0.3, 0.4) is 0 Å². The van der Waals surface area contributed by atoms with Gasteiger partial charge in [0.15, 0.2) is 0 Å². The second-order valence-corrected chi connectivity index (χ2v) is 6.32. The third-order valence-electron chi connectivity index (χ3n) is 4.25. The zero-order valence-electron chi connectivity index (χ0n) is 10.5. The number of benzene rings is 1. The van der Waals surface area contributed by atoms with E-state index in [0.29, 0.717) is 17.7 Å². The van der Waals surface area contributed by atoms with Crippen molar-refractivity contribution in [1.82, 2.24) is 0 Å². The zero-order valence-corrected chi connectivity index (χ0v) is 12.7. The Kier molecular flexibility index (Phi) is 5.24. The van der Waals surface area contributed by atoms with Crippen molar-refractivity contribution in [1.29, 1.82) is 0 Å². The highest BCUT2D eigenvalue weighted by atomic mass is 35.5. The second-order valence-electron chi connectivity index (χ2n) is 5.38. The second kappa shape index (κ2) is 6.50. The molecule has 1 aromatic carbocycles. The lowest BCUT2D eigenvalue weighted by Gasteiger charge is -2.36. The van der Waals surface area contributed by atoms with E-state index in [2.05, 4.69) is 6.07 Å². The van der Waals surface area contributed by atoms with Crippen LogP contribution in [0.2, 0.25) is 5.02 Å². The first kappa shape index (κ1) is 14.5. The summed E-state index contributed by atoms with van der Waals surface area (Å²) < 4.78 is 0. The summed E-state index contributed by atoms with van der Waals surface area (Å²) in [7, 11) is 0. The normalized spacial score (nSPS) is 17.3. The van der Waals surface area contributed by atoms with E-state index < -0.39 is 0 Å². The Hall–Kier alpha value is 0.0900. The minimum Gasteiger partial charge on any atom is -0.126 e. The van der Waals surface area contributed by atoms with Gasteiger partial charge in [-0.2, -0.15) is 0 Å². The molecule has 1 aliphatic carbocycles. The van der Waals surface area contributed by atoms with E-state index >= 15 is 0 Å². The first-order valence-corrected chi connectivity index (χ1v) is 8.02. The molecule has 0 nitrogen and oxygen atoms in total. The van der Waals surface area contributed by atoms with E-state index in [1.54, 1.807) is 0 Å². The van der Waals surface area contributed by atoms with Crippen LogP contribution < -0.4 is 0 Å². The van der Waals surface area contributed by atoms with Crippen LogP contribution in [0.15, 0.2) is 24.3 Å². The predicted octanol–water partition coefficient (Wildman–Crippen LogP) is 5.54. The van der Waals surface area contributed by atoms with Gasteiger partial charge in [0, 0.05) is 22.2 Å². The summed E-state index contributed by atoms with van der Waals surface area (Å²) in [6.07, 6.45) is 6.02. The fourth-order valence-corrected chi connectivity index (χ4v) is 4.17. The van der Waals surface area contributed by atoms with Gasteiger partial charge in [0.2, 0.25) is 0 Å². The molecule has 1 aliphatic rings. The summed E-state index contributed by atoms with van der Waals surface area (Å²) in [6.45, 7) is 0. The van der Waals surface area contributed by atoms with Gasteiger partial charge in [-0.25, -0.2) is 0 Å². The molecule has 0 aliphatic heterocycles. The molecule has 1 saturated carbocycles. The molecule has 0 unspecified atom stereocenters. The van der Waals surface area contributed by atoms with Gasteiger partial charge < -0.3 is 0 Å². The highest BCUT2D eigenvalue weighted by molar-refractivity contribution is 6.31. The number of halogens is 3. The minimum absolute atomic E-state index is 0.00457. The van der Waals surface area contributed by atoms with Crippen molar-refractivity contribution in [2.45, 2.75) is 32.1 Å². The van der Waals surface area contributed by atoms with E-state index in [1.165, 1.54) is 31.2 Å². The van der Waals surface area contributed by atoms with Gasteiger partial charge in [-0.05, 0) is 36.8 Å². The standard InChI is InChI=1S/C15H19Cl3/c16-10-15(11-17,13-6-2-3-7-13)9-12-5-1-4-8-14(12)18/h1,4-5,8,13H,2-3,6-7,9-11H2. The first-order valence-electron chi connectivity index (χ1n) is 6.57. The fraction of sp³-hybridized carbons (Fsp3) is 0.600. The topological polar surface area (TPSA) is 0 Å². The fourth-order valence-electron chi connectivity index (χ4n) is 3.05. The lowest BCUT2D eigenvalue weighted by Crippen LogP contribution is -2.35. The predicted molar refractivity (Wildman–Crippen MR) is 81.0 cm³/mol. The van der Waals surface area contributed by atoms with E-state index in [9.17, 15) is 0 Å². The number of alkyl halides is 2. The Bertz CT molecular complexity index is 379. The van der Waals surface area contributed by atoms with Gasteiger partial charge in [-0.1, -0.05) is 42.6 Å². The number of rotatable bonds is 5. The summed E-state index contributed by atoms with van der Waals surface area (Å²) in [5, 5.41) is 0.829. The maximum Gasteiger partial charge on any atom is 0.0438 e. The summed E-state index contributed by atoms with van der Waals surface area (Å²) in [5.74, 6) is 1.88. The first-order chi connectivity index (χ1) is 8.72. The van der Waals surface area contributed by atoms with Gasteiger partial charge in [0.1, 0.15) is 0 Å². The summed E-state index contributed by atoms with van der Waals surface area (Å²) in [5.41, 5.74) is 1.18. The molecular formula is C15H19Cl3. The van der Waals surface area contributed by atoms with Crippen molar-refractivity contribution in [2.24, 2.45) is 11.3 Å². The van der Waals surface area contributed by atoms with Crippen LogP contribution in [-0.2, 0) is 6.42 Å². The van der Waals surface area contributed by atoms with Crippen molar-refractivity contribution in [2.75, 3.05) is 11.8 Å². The molecule has 1 aromatic rings. The molecule has 100 valence electrons. The van der Waals surface area contributed by atoms with Gasteiger partial charge in [0.25, 0.3) is 0 Å². The molecule has 0 radical (unpaired) electrons. The van der Waals surface area contributed by atoms with Gasteiger partial charge in [-0.3, -0.25) is 0 Å². The summed E-state index contributed by atoms with van der Waals surface area (Å²) >= 11 is 18.8. The lowest BCUT2D eigenvalue weighted by molar-refractivity contribution is 0.225. The van der Waals surface area contributed by atoms with Crippen molar-refractivity contribution >= 4 is 34.8 Å². The molecule has 0 atom stereocenters. The van der Waals surface area contributed by atoms with Crippen LogP contribution in [0.4, 0.5) is 0 Å².